The lowest BCUT2D eigenvalue weighted by molar-refractivity contribution is -0.142. The van der Waals surface area contributed by atoms with Crippen LogP contribution < -0.4 is 4.74 Å². The standard InChI is InChI=1S/C26H25NO5/c1-27(24(25(28)29)15-17-8-7-9-18(14-17)31-2)26(30)32-16-23-21-12-5-3-10-19(21)20-11-4-6-13-22(20)23/h3-14,23-24H,15-16H2,1-2H3,(H,28,29)/t24-/m0/s1. The fraction of sp³-hybridized carbons (Fsp3) is 0.231. The Balaban J connectivity index is 1.47. The van der Waals surface area contributed by atoms with E-state index in [1.54, 1.807) is 25.3 Å². The third-order valence-corrected chi connectivity index (χ3v) is 5.94. The van der Waals surface area contributed by atoms with Gasteiger partial charge in [0.25, 0.3) is 0 Å². The molecular weight excluding hydrogens is 406 g/mol. The molecule has 1 aliphatic carbocycles. The van der Waals surface area contributed by atoms with E-state index < -0.39 is 18.1 Å². The lowest BCUT2D eigenvalue weighted by Gasteiger charge is -2.25. The fourth-order valence-electron chi connectivity index (χ4n) is 4.24. The van der Waals surface area contributed by atoms with Crippen molar-refractivity contribution >= 4 is 12.1 Å². The zero-order valence-electron chi connectivity index (χ0n) is 18.0. The quantitative estimate of drug-likeness (QED) is 0.593. The highest BCUT2D eigenvalue weighted by molar-refractivity contribution is 5.81. The van der Waals surface area contributed by atoms with Gasteiger partial charge in [0.2, 0.25) is 0 Å². The topological polar surface area (TPSA) is 76.1 Å². The number of nitrogens with zero attached hydrogens (tertiary/aromatic N) is 1. The fourth-order valence-corrected chi connectivity index (χ4v) is 4.24. The maximum Gasteiger partial charge on any atom is 0.410 e. The molecule has 6 nitrogen and oxygen atoms in total. The zero-order valence-corrected chi connectivity index (χ0v) is 18.0. The van der Waals surface area contributed by atoms with E-state index in [0.717, 1.165) is 32.7 Å². The number of hydrogen-bond donors (Lipinski definition) is 1. The maximum absolute atomic E-state index is 12.8. The highest BCUT2D eigenvalue weighted by Gasteiger charge is 2.32. The number of carboxylic acids is 1. The van der Waals surface area contributed by atoms with E-state index in [1.165, 1.54) is 7.05 Å². The Hall–Kier alpha value is -3.80. The highest BCUT2D eigenvalue weighted by Crippen LogP contribution is 2.44. The molecule has 1 aliphatic rings. The van der Waals surface area contributed by atoms with Crippen LogP contribution in [0.4, 0.5) is 4.79 Å². The predicted molar refractivity (Wildman–Crippen MR) is 121 cm³/mol. The van der Waals surface area contributed by atoms with E-state index in [4.69, 9.17) is 9.47 Å². The molecule has 0 unspecified atom stereocenters. The van der Waals surface area contributed by atoms with Gasteiger partial charge in [-0.2, -0.15) is 0 Å². The van der Waals surface area contributed by atoms with Crippen LogP contribution in [-0.4, -0.2) is 48.9 Å². The molecule has 0 fully saturated rings. The van der Waals surface area contributed by atoms with Crippen LogP contribution in [0.2, 0.25) is 0 Å². The summed E-state index contributed by atoms with van der Waals surface area (Å²) < 4.78 is 10.8. The number of ether oxygens (including phenoxy) is 2. The summed E-state index contributed by atoms with van der Waals surface area (Å²) in [4.78, 5) is 25.9. The van der Waals surface area contributed by atoms with E-state index in [-0.39, 0.29) is 18.9 Å². The molecule has 3 aromatic carbocycles. The van der Waals surface area contributed by atoms with Crippen molar-refractivity contribution in [2.45, 2.75) is 18.4 Å². The van der Waals surface area contributed by atoms with Crippen LogP contribution in [0.25, 0.3) is 11.1 Å². The summed E-state index contributed by atoms with van der Waals surface area (Å²) in [6, 6.07) is 22.2. The first-order chi connectivity index (χ1) is 15.5. The summed E-state index contributed by atoms with van der Waals surface area (Å²) in [5.74, 6) is -0.541. The molecule has 6 heteroatoms. The summed E-state index contributed by atoms with van der Waals surface area (Å²) in [5, 5.41) is 9.74. The highest BCUT2D eigenvalue weighted by atomic mass is 16.6. The molecule has 3 aromatic rings. The predicted octanol–water partition coefficient (Wildman–Crippen LogP) is 4.57. The molecule has 164 valence electrons. The van der Waals surface area contributed by atoms with Gasteiger partial charge in [-0.15, -0.1) is 0 Å². The van der Waals surface area contributed by atoms with Gasteiger partial charge in [-0.05, 0) is 39.9 Å². The van der Waals surface area contributed by atoms with Crippen molar-refractivity contribution in [2.75, 3.05) is 20.8 Å². The number of methoxy groups -OCH3 is 1. The third-order valence-electron chi connectivity index (χ3n) is 5.94. The Bertz CT molecular complexity index is 1100. The van der Waals surface area contributed by atoms with Crippen LogP contribution in [-0.2, 0) is 16.0 Å². The van der Waals surface area contributed by atoms with Gasteiger partial charge in [-0.1, -0.05) is 60.7 Å². The largest absolute Gasteiger partial charge is 0.497 e. The third kappa shape index (κ3) is 4.17. The number of carbonyl (C=O) groups is 2. The molecule has 0 saturated heterocycles. The van der Waals surface area contributed by atoms with E-state index in [2.05, 4.69) is 12.1 Å². The molecule has 0 bridgehead atoms. The molecule has 0 radical (unpaired) electrons. The van der Waals surface area contributed by atoms with Crippen molar-refractivity contribution in [3.63, 3.8) is 0 Å². The number of benzene rings is 3. The summed E-state index contributed by atoms with van der Waals surface area (Å²) in [6.45, 7) is 0.142. The SMILES string of the molecule is COc1cccc(C[C@@H](C(=O)O)N(C)C(=O)OCC2c3ccccc3-c3ccccc32)c1. The number of carbonyl (C=O) groups excluding carboxylic acids is 1. The van der Waals surface area contributed by atoms with Crippen LogP contribution >= 0.6 is 0 Å². The number of rotatable bonds is 7. The summed E-state index contributed by atoms with van der Waals surface area (Å²) in [5.41, 5.74) is 5.25. The van der Waals surface area contributed by atoms with Crippen LogP contribution in [0.1, 0.15) is 22.6 Å². The Kier molecular flexibility index (Phi) is 6.12. The minimum atomic E-state index is -1.09. The number of fused-ring (bicyclic) bond motifs is 3. The molecule has 1 atom stereocenters. The Morgan fingerprint density at radius 2 is 1.59 bits per heavy atom. The molecular formula is C26H25NO5. The smallest absolute Gasteiger partial charge is 0.410 e. The molecule has 0 aromatic heterocycles. The molecule has 0 heterocycles. The van der Waals surface area contributed by atoms with Gasteiger partial charge < -0.3 is 14.6 Å². The Morgan fingerprint density at radius 3 is 2.19 bits per heavy atom. The van der Waals surface area contributed by atoms with Crippen molar-refractivity contribution in [3.05, 3.63) is 89.5 Å². The lowest BCUT2D eigenvalue weighted by Crippen LogP contribution is -2.44. The van der Waals surface area contributed by atoms with Gasteiger partial charge in [0.05, 0.1) is 7.11 Å². The van der Waals surface area contributed by atoms with Crippen molar-refractivity contribution in [3.8, 4) is 16.9 Å². The first-order valence-corrected chi connectivity index (χ1v) is 10.4. The zero-order chi connectivity index (χ0) is 22.7. The van der Waals surface area contributed by atoms with E-state index >= 15 is 0 Å². The second-order valence-corrected chi connectivity index (χ2v) is 7.82. The first kappa shape index (κ1) is 21.4. The normalized spacial score (nSPS) is 13.1. The first-order valence-electron chi connectivity index (χ1n) is 10.4. The van der Waals surface area contributed by atoms with Gasteiger partial charge in [0.15, 0.2) is 0 Å². The molecule has 0 saturated carbocycles. The van der Waals surface area contributed by atoms with Crippen LogP contribution in [0, 0.1) is 0 Å². The van der Waals surface area contributed by atoms with Crippen molar-refractivity contribution in [2.24, 2.45) is 0 Å². The van der Waals surface area contributed by atoms with E-state index in [1.807, 2.05) is 42.5 Å². The van der Waals surface area contributed by atoms with Crippen LogP contribution in [0.3, 0.4) is 0 Å². The Morgan fingerprint density at radius 1 is 0.969 bits per heavy atom. The van der Waals surface area contributed by atoms with Crippen molar-refractivity contribution in [1.29, 1.82) is 0 Å². The second-order valence-electron chi connectivity index (χ2n) is 7.82. The minimum Gasteiger partial charge on any atom is -0.497 e. The van der Waals surface area contributed by atoms with Crippen molar-refractivity contribution in [1.82, 2.24) is 4.90 Å². The maximum atomic E-state index is 12.8. The summed E-state index contributed by atoms with van der Waals surface area (Å²) >= 11 is 0. The van der Waals surface area contributed by atoms with Gasteiger partial charge >= 0.3 is 12.1 Å². The Labute approximate surface area is 187 Å². The van der Waals surface area contributed by atoms with Crippen LogP contribution in [0.15, 0.2) is 72.8 Å². The number of amides is 1. The van der Waals surface area contributed by atoms with Crippen LogP contribution in [0.5, 0.6) is 5.75 Å². The van der Waals surface area contributed by atoms with Gasteiger partial charge in [-0.3, -0.25) is 4.90 Å². The van der Waals surface area contributed by atoms with E-state index in [0.29, 0.717) is 5.75 Å². The number of carboxylic acid groups (broad SMARTS) is 1. The number of likely N-dealkylation sites (N-methyl/N-ethyl adjacent to an activating group) is 1. The van der Waals surface area contributed by atoms with Gasteiger partial charge in [-0.25, -0.2) is 9.59 Å². The molecule has 32 heavy (non-hydrogen) atoms. The molecule has 4 rings (SSSR count). The monoisotopic (exact) mass is 431 g/mol. The average Bonchev–Trinajstić information content (AvgIpc) is 3.14. The second kappa shape index (κ2) is 9.14. The summed E-state index contributed by atoms with van der Waals surface area (Å²) in [6.07, 6.45) is -0.519. The molecule has 1 amide bonds. The number of hydrogen-bond acceptors (Lipinski definition) is 4. The molecule has 1 N–H and O–H groups in total. The van der Waals surface area contributed by atoms with Gasteiger partial charge in [0.1, 0.15) is 18.4 Å². The summed E-state index contributed by atoms with van der Waals surface area (Å²) in [7, 11) is 3.01. The van der Waals surface area contributed by atoms with Gasteiger partial charge in [0, 0.05) is 19.4 Å². The van der Waals surface area contributed by atoms with E-state index in [9.17, 15) is 14.7 Å². The van der Waals surface area contributed by atoms with Crippen molar-refractivity contribution < 1.29 is 24.2 Å². The number of aliphatic carboxylic acids is 1. The molecule has 0 spiro atoms. The molecule has 0 aliphatic heterocycles. The average molecular weight is 431 g/mol. The lowest BCUT2D eigenvalue weighted by atomic mass is 9.98. The minimum absolute atomic E-state index is 0.0820.